The van der Waals surface area contributed by atoms with Gasteiger partial charge in [0, 0.05) is 23.4 Å². The maximum Gasteiger partial charge on any atom is 0.237 e. The van der Waals surface area contributed by atoms with Crippen molar-refractivity contribution >= 4 is 23.4 Å². The molecule has 162 valence electrons. The number of carbonyl (C=O) groups excluding carboxylic acids is 1. The Hall–Kier alpha value is -4.02. The fourth-order valence-electron chi connectivity index (χ4n) is 3.33. The summed E-state index contributed by atoms with van der Waals surface area (Å²) in [6.07, 6.45) is 0.257. The highest BCUT2D eigenvalue weighted by atomic mass is 32.2. The number of rotatable bonds is 8. The third-order valence-electron chi connectivity index (χ3n) is 4.90. The van der Waals surface area contributed by atoms with Crippen LogP contribution in [0.3, 0.4) is 0 Å². The highest BCUT2D eigenvalue weighted by Crippen LogP contribution is 2.29. The van der Waals surface area contributed by atoms with Gasteiger partial charge in [0.15, 0.2) is 0 Å². The average molecular weight is 452 g/mol. The number of para-hydroxylation sites is 1. The van der Waals surface area contributed by atoms with Crippen LogP contribution in [0.4, 0.5) is 5.69 Å². The molecular weight excluding hydrogens is 430 g/mol. The van der Waals surface area contributed by atoms with E-state index in [-0.39, 0.29) is 18.1 Å². The van der Waals surface area contributed by atoms with E-state index >= 15 is 0 Å². The molecule has 7 heteroatoms. The molecule has 0 aliphatic heterocycles. The van der Waals surface area contributed by atoms with Crippen LogP contribution in [-0.2, 0) is 4.79 Å². The van der Waals surface area contributed by atoms with Crippen molar-refractivity contribution in [3.63, 3.8) is 0 Å². The van der Waals surface area contributed by atoms with Gasteiger partial charge in [0.2, 0.25) is 11.1 Å². The lowest BCUT2D eigenvalue weighted by atomic mass is 10.0. The first-order valence-electron chi connectivity index (χ1n) is 10.5. The molecule has 4 rings (SSSR count). The number of hydrogen-bond donors (Lipinski definition) is 0. The summed E-state index contributed by atoms with van der Waals surface area (Å²) in [5.41, 5.74) is 4.03. The van der Waals surface area contributed by atoms with Gasteiger partial charge in [-0.1, -0.05) is 90.6 Å². The summed E-state index contributed by atoms with van der Waals surface area (Å²) in [5.74, 6) is 0.0272. The Morgan fingerprint density at radius 1 is 0.818 bits per heavy atom. The van der Waals surface area contributed by atoms with Gasteiger partial charge in [-0.25, -0.2) is 4.98 Å². The third-order valence-corrected chi connectivity index (χ3v) is 5.73. The van der Waals surface area contributed by atoms with E-state index in [1.54, 1.807) is 4.90 Å². The van der Waals surface area contributed by atoms with Gasteiger partial charge in [0.05, 0.1) is 18.2 Å². The summed E-state index contributed by atoms with van der Waals surface area (Å²) in [4.78, 5) is 19.4. The predicted octanol–water partition coefficient (Wildman–Crippen LogP) is 5.24. The summed E-state index contributed by atoms with van der Waals surface area (Å²) < 4.78 is 0. The average Bonchev–Trinajstić information content (AvgIpc) is 2.89. The Bertz CT molecular complexity index is 1240. The maximum absolute atomic E-state index is 13.0. The molecule has 6 nitrogen and oxygen atoms in total. The fraction of sp³-hybridized carbons (Fsp3) is 0.115. The summed E-state index contributed by atoms with van der Waals surface area (Å²) in [6.45, 7) is 0.335. The van der Waals surface area contributed by atoms with Crippen LogP contribution in [0.25, 0.3) is 22.5 Å². The molecule has 1 amide bonds. The van der Waals surface area contributed by atoms with E-state index in [1.165, 1.54) is 11.8 Å². The van der Waals surface area contributed by atoms with Crippen LogP contribution in [0.2, 0.25) is 0 Å². The lowest BCUT2D eigenvalue weighted by Gasteiger charge is -2.21. The smallest absolute Gasteiger partial charge is 0.237 e. The number of nitrogens with zero attached hydrogens (tertiary/aromatic N) is 5. The van der Waals surface area contributed by atoms with E-state index in [0.717, 1.165) is 22.5 Å². The molecule has 0 saturated heterocycles. The van der Waals surface area contributed by atoms with Crippen LogP contribution < -0.4 is 4.90 Å². The van der Waals surface area contributed by atoms with Crippen molar-refractivity contribution < 1.29 is 4.79 Å². The van der Waals surface area contributed by atoms with Crippen LogP contribution in [-0.4, -0.2) is 33.4 Å². The number of thioether (sulfide) groups is 1. The number of aromatic nitrogens is 3. The van der Waals surface area contributed by atoms with Gasteiger partial charge in [-0.15, -0.1) is 10.2 Å². The van der Waals surface area contributed by atoms with Crippen molar-refractivity contribution in [1.82, 2.24) is 15.2 Å². The SMILES string of the molecule is N#CCCN(C(=O)CSc1nnc(-c2ccccc2)c(-c2ccccc2)n1)c1ccccc1. The van der Waals surface area contributed by atoms with Gasteiger partial charge < -0.3 is 4.90 Å². The predicted molar refractivity (Wildman–Crippen MR) is 130 cm³/mol. The summed E-state index contributed by atoms with van der Waals surface area (Å²) in [7, 11) is 0. The first kappa shape index (κ1) is 22.2. The molecule has 1 aromatic heterocycles. The lowest BCUT2D eigenvalue weighted by molar-refractivity contribution is -0.116. The first-order valence-corrected chi connectivity index (χ1v) is 11.5. The maximum atomic E-state index is 13.0. The Balaban J connectivity index is 1.58. The molecule has 0 spiro atoms. The van der Waals surface area contributed by atoms with E-state index in [1.807, 2.05) is 91.0 Å². The number of benzene rings is 3. The van der Waals surface area contributed by atoms with Crippen LogP contribution >= 0.6 is 11.8 Å². The topological polar surface area (TPSA) is 82.8 Å². The summed E-state index contributed by atoms with van der Waals surface area (Å²) in [5, 5.41) is 18.2. The van der Waals surface area contributed by atoms with E-state index < -0.39 is 0 Å². The van der Waals surface area contributed by atoms with Gasteiger partial charge in [-0.2, -0.15) is 5.26 Å². The molecule has 0 unspecified atom stereocenters. The Morgan fingerprint density at radius 2 is 1.39 bits per heavy atom. The second-order valence-corrected chi connectivity index (χ2v) is 8.04. The van der Waals surface area contributed by atoms with Gasteiger partial charge in [0.25, 0.3) is 0 Å². The third kappa shape index (κ3) is 5.62. The van der Waals surface area contributed by atoms with Gasteiger partial charge in [0.1, 0.15) is 11.4 Å². The summed E-state index contributed by atoms with van der Waals surface area (Å²) in [6, 6.07) is 31.1. The van der Waals surface area contributed by atoms with Crippen molar-refractivity contribution in [2.75, 3.05) is 17.2 Å². The van der Waals surface area contributed by atoms with E-state index in [9.17, 15) is 4.79 Å². The minimum atomic E-state index is -0.113. The van der Waals surface area contributed by atoms with Crippen molar-refractivity contribution in [2.24, 2.45) is 0 Å². The summed E-state index contributed by atoms with van der Waals surface area (Å²) >= 11 is 1.24. The van der Waals surface area contributed by atoms with Gasteiger partial charge in [-0.3, -0.25) is 4.79 Å². The van der Waals surface area contributed by atoms with Crippen LogP contribution in [0.5, 0.6) is 0 Å². The van der Waals surface area contributed by atoms with Crippen molar-refractivity contribution in [2.45, 2.75) is 11.6 Å². The van der Waals surface area contributed by atoms with Crippen LogP contribution in [0.15, 0.2) is 96.2 Å². The standard InChI is InChI=1S/C26H21N5OS/c27-17-10-18-31(22-15-8-3-9-16-22)23(32)19-33-26-28-24(20-11-4-1-5-12-20)25(29-30-26)21-13-6-2-7-14-21/h1-9,11-16H,10,18-19H2. The highest BCUT2D eigenvalue weighted by Gasteiger charge is 2.18. The Labute approximate surface area is 196 Å². The molecule has 0 saturated carbocycles. The molecule has 1 heterocycles. The molecule has 3 aromatic carbocycles. The molecule has 0 radical (unpaired) electrons. The molecule has 33 heavy (non-hydrogen) atoms. The molecule has 0 fully saturated rings. The van der Waals surface area contributed by atoms with E-state index in [4.69, 9.17) is 10.2 Å². The monoisotopic (exact) mass is 451 g/mol. The second kappa shape index (κ2) is 11.0. The number of nitriles is 1. The minimum Gasteiger partial charge on any atom is -0.311 e. The molecule has 0 aliphatic rings. The van der Waals surface area contributed by atoms with Crippen molar-refractivity contribution in [1.29, 1.82) is 5.26 Å². The van der Waals surface area contributed by atoms with Crippen LogP contribution in [0, 0.1) is 11.3 Å². The fourth-order valence-corrected chi connectivity index (χ4v) is 3.99. The minimum absolute atomic E-state index is 0.113. The molecule has 4 aromatic rings. The Morgan fingerprint density at radius 3 is 2.00 bits per heavy atom. The number of amides is 1. The molecular formula is C26H21N5OS. The molecule has 0 N–H and O–H groups in total. The van der Waals surface area contributed by atoms with E-state index in [0.29, 0.717) is 17.4 Å². The zero-order valence-corrected chi connectivity index (χ0v) is 18.7. The number of anilines is 1. The zero-order valence-electron chi connectivity index (χ0n) is 17.8. The lowest BCUT2D eigenvalue weighted by Crippen LogP contribution is -2.33. The molecule has 0 aliphatic carbocycles. The number of hydrogen-bond acceptors (Lipinski definition) is 6. The van der Waals surface area contributed by atoms with Gasteiger partial charge in [-0.05, 0) is 12.1 Å². The highest BCUT2D eigenvalue weighted by molar-refractivity contribution is 7.99. The Kier molecular flexibility index (Phi) is 7.41. The van der Waals surface area contributed by atoms with Crippen LogP contribution in [0.1, 0.15) is 6.42 Å². The number of carbonyl (C=O) groups is 1. The zero-order chi connectivity index (χ0) is 22.9. The first-order chi connectivity index (χ1) is 16.3. The van der Waals surface area contributed by atoms with Crippen molar-refractivity contribution in [3.05, 3.63) is 91.0 Å². The van der Waals surface area contributed by atoms with Crippen molar-refractivity contribution in [3.8, 4) is 28.6 Å². The largest absolute Gasteiger partial charge is 0.311 e. The molecule has 0 atom stereocenters. The second-order valence-electron chi connectivity index (χ2n) is 7.10. The normalized spacial score (nSPS) is 10.4. The van der Waals surface area contributed by atoms with Gasteiger partial charge >= 0.3 is 0 Å². The molecule has 0 bridgehead atoms. The van der Waals surface area contributed by atoms with E-state index in [2.05, 4.69) is 16.3 Å². The quantitative estimate of drug-likeness (QED) is 0.341.